The van der Waals surface area contributed by atoms with E-state index in [0.29, 0.717) is 0 Å². The summed E-state index contributed by atoms with van der Waals surface area (Å²) in [6, 6.07) is 0.208. The van der Waals surface area contributed by atoms with Crippen molar-refractivity contribution in [1.82, 2.24) is 14.8 Å². The summed E-state index contributed by atoms with van der Waals surface area (Å²) in [5, 5.41) is 8.39. The highest BCUT2D eigenvalue weighted by Gasteiger charge is 2.30. The average molecular weight is 210 g/mol. The molecule has 0 bridgehead atoms. The zero-order valence-electron chi connectivity index (χ0n) is 9.53. The molecule has 0 aromatic carbocycles. The van der Waals surface area contributed by atoms with Crippen LogP contribution in [0.15, 0.2) is 0 Å². The fourth-order valence-corrected chi connectivity index (χ4v) is 1.89. The zero-order valence-corrected chi connectivity index (χ0v) is 9.53. The van der Waals surface area contributed by atoms with Crippen molar-refractivity contribution in [2.75, 3.05) is 7.11 Å². The predicted molar refractivity (Wildman–Crippen MR) is 56.4 cm³/mol. The lowest BCUT2D eigenvalue weighted by molar-refractivity contribution is 0.00755. The summed E-state index contributed by atoms with van der Waals surface area (Å²) in [6.07, 6.45) is 1.90. The molecule has 5 heteroatoms. The summed E-state index contributed by atoms with van der Waals surface area (Å²) in [5.74, 6) is 1.90. The number of hydrogen-bond donors (Lipinski definition) is 1. The van der Waals surface area contributed by atoms with E-state index in [9.17, 15) is 0 Å². The van der Waals surface area contributed by atoms with Crippen LogP contribution in [0.2, 0.25) is 0 Å². The normalized spacial score (nSPS) is 21.5. The van der Waals surface area contributed by atoms with Gasteiger partial charge in [0.05, 0.1) is 0 Å². The molecular weight excluding hydrogens is 192 g/mol. The van der Waals surface area contributed by atoms with E-state index < -0.39 is 5.60 Å². The number of nitrogens with zero attached hydrogens (tertiary/aromatic N) is 3. The van der Waals surface area contributed by atoms with Crippen LogP contribution in [0.3, 0.4) is 0 Å². The third-order valence-corrected chi connectivity index (χ3v) is 3.03. The number of aryl methyl sites for hydroxylation is 1. The molecule has 0 saturated heterocycles. The van der Waals surface area contributed by atoms with Gasteiger partial charge >= 0.3 is 0 Å². The molecule has 5 nitrogen and oxygen atoms in total. The number of rotatable bonds is 2. The molecule has 1 aromatic heterocycles. The van der Waals surface area contributed by atoms with E-state index in [2.05, 4.69) is 14.8 Å². The van der Waals surface area contributed by atoms with Crippen LogP contribution in [0.5, 0.6) is 0 Å². The molecule has 1 unspecified atom stereocenters. The summed E-state index contributed by atoms with van der Waals surface area (Å²) in [6.45, 7) is 4.78. The Hall–Kier alpha value is -0.940. The number of hydrogen-bond acceptors (Lipinski definition) is 4. The molecule has 1 aromatic rings. The van der Waals surface area contributed by atoms with E-state index in [0.717, 1.165) is 31.0 Å². The maximum atomic E-state index is 5.95. The van der Waals surface area contributed by atoms with Crippen molar-refractivity contribution in [3.8, 4) is 0 Å². The van der Waals surface area contributed by atoms with E-state index in [1.54, 1.807) is 7.11 Å². The van der Waals surface area contributed by atoms with Crippen LogP contribution in [0, 0.1) is 0 Å². The average Bonchev–Trinajstić information content (AvgIpc) is 2.61. The van der Waals surface area contributed by atoms with Crippen LogP contribution in [0.1, 0.15) is 31.9 Å². The summed E-state index contributed by atoms with van der Waals surface area (Å²) >= 11 is 0. The van der Waals surface area contributed by atoms with Crippen molar-refractivity contribution in [3.63, 3.8) is 0 Å². The summed E-state index contributed by atoms with van der Waals surface area (Å²) < 4.78 is 7.51. The van der Waals surface area contributed by atoms with Crippen LogP contribution in [0.4, 0.5) is 0 Å². The molecule has 2 N–H and O–H groups in total. The molecule has 15 heavy (non-hydrogen) atoms. The Bertz CT molecular complexity index is 358. The molecule has 0 spiro atoms. The van der Waals surface area contributed by atoms with E-state index in [4.69, 9.17) is 10.5 Å². The Kier molecular flexibility index (Phi) is 2.52. The molecule has 0 saturated carbocycles. The van der Waals surface area contributed by atoms with E-state index >= 15 is 0 Å². The smallest absolute Gasteiger partial charge is 0.164 e. The fraction of sp³-hybridized carbons (Fsp3) is 0.800. The molecule has 1 aliphatic heterocycles. The largest absolute Gasteiger partial charge is 0.371 e. The lowest BCUT2D eigenvalue weighted by Crippen LogP contribution is -2.35. The number of ether oxygens (including phenoxy) is 1. The van der Waals surface area contributed by atoms with Gasteiger partial charge in [-0.15, -0.1) is 10.2 Å². The predicted octanol–water partition coefficient (Wildman–Crippen LogP) is 0.433. The Balaban J connectivity index is 2.38. The summed E-state index contributed by atoms with van der Waals surface area (Å²) in [5.41, 5.74) is 5.54. The van der Waals surface area contributed by atoms with Gasteiger partial charge in [0.25, 0.3) is 0 Å². The van der Waals surface area contributed by atoms with Crippen LogP contribution in [-0.4, -0.2) is 27.9 Å². The maximum Gasteiger partial charge on any atom is 0.164 e. The van der Waals surface area contributed by atoms with Gasteiger partial charge in [0.15, 0.2) is 5.82 Å². The first kappa shape index (κ1) is 10.6. The van der Waals surface area contributed by atoms with Crippen molar-refractivity contribution >= 4 is 0 Å². The van der Waals surface area contributed by atoms with Crippen LogP contribution < -0.4 is 5.73 Å². The first-order valence-electron chi connectivity index (χ1n) is 5.28. The summed E-state index contributed by atoms with van der Waals surface area (Å²) in [4.78, 5) is 0. The van der Waals surface area contributed by atoms with E-state index in [-0.39, 0.29) is 6.04 Å². The first-order valence-corrected chi connectivity index (χ1v) is 5.28. The topological polar surface area (TPSA) is 66.0 Å². The second-order valence-corrected chi connectivity index (χ2v) is 4.56. The quantitative estimate of drug-likeness (QED) is 0.769. The summed E-state index contributed by atoms with van der Waals surface area (Å²) in [7, 11) is 1.68. The van der Waals surface area contributed by atoms with E-state index in [1.807, 2.05) is 13.8 Å². The molecule has 0 radical (unpaired) electrons. The zero-order chi connectivity index (χ0) is 11.1. The molecule has 0 amide bonds. The minimum absolute atomic E-state index is 0.208. The molecule has 0 aliphatic carbocycles. The molecule has 0 fully saturated rings. The van der Waals surface area contributed by atoms with Crippen molar-refractivity contribution in [1.29, 1.82) is 0 Å². The van der Waals surface area contributed by atoms with Gasteiger partial charge in [-0.25, -0.2) is 0 Å². The van der Waals surface area contributed by atoms with Gasteiger partial charge in [-0.2, -0.15) is 0 Å². The van der Waals surface area contributed by atoms with Crippen molar-refractivity contribution in [2.45, 2.75) is 44.9 Å². The highest BCUT2D eigenvalue weighted by atomic mass is 16.5. The number of methoxy groups -OCH3 is 1. The number of nitrogens with two attached hydrogens (primary N) is 1. The van der Waals surface area contributed by atoms with Crippen LogP contribution in [0.25, 0.3) is 0 Å². The van der Waals surface area contributed by atoms with Gasteiger partial charge in [0, 0.05) is 26.1 Å². The molecule has 2 heterocycles. The SMILES string of the molecule is COC(C)(C)c1nnc2n1CC(N)CC2. The van der Waals surface area contributed by atoms with Gasteiger partial charge < -0.3 is 15.0 Å². The third kappa shape index (κ3) is 1.77. The minimum atomic E-state index is -0.400. The molecular formula is C10H18N4O. The van der Waals surface area contributed by atoms with Gasteiger partial charge in [-0.3, -0.25) is 0 Å². The molecule has 1 atom stereocenters. The maximum absolute atomic E-state index is 5.95. The van der Waals surface area contributed by atoms with Crippen molar-refractivity contribution < 1.29 is 4.74 Å². The molecule has 84 valence electrons. The Morgan fingerprint density at radius 2 is 2.20 bits per heavy atom. The Morgan fingerprint density at radius 3 is 2.87 bits per heavy atom. The highest BCUT2D eigenvalue weighted by molar-refractivity contribution is 5.07. The lowest BCUT2D eigenvalue weighted by atomic mass is 10.1. The second-order valence-electron chi connectivity index (χ2n) is 4.56. The third-order valence-electron chi connectivity index (χ3n) is 3.03. The van der Waals surface area contributed by atoms with Gasteiger partial charge in [-0.1, -0.05) is 0 Å². The molecule has 1 aliphatic rings. The Labute approximate surface area is 89.6 Å². The first-order chi connectivity index (χ1) is 7.04. The highest BCUT2D eigenvalue weighted by Crippen LogP contribution is 2.25. The van der Waals surface area contributed by atoms with Crippen LogP contribution >= 0.6 is 0 Å². The number of aromatic nitrogens is 3. The monoisotopic (exact) mass is 210 g/mol. The van der Waals surface area contributed by atoms with Crippen LogP contribution in [-0.2, 0) is 23.3 Å². The van der Waals surface area contributed by atoms with Crippen molar-refractivity contribution in [3.05, 3.63) is 11.6 Å². The standard InChI is InChI=1S/C10H18N4O/c1-10(2,15-3)9-13-12-8-5-4-7(11)6-14(8)9/h7H,4-6,11H2,1-3H3. The van der Waals surface area contributed by atoms with Gasteiger partial charge in [0.1, 0.15) is 11.4 Å². The van der Waals surface area contributed by atoms with E-state index in [1.165, 1.54) is 0 Å². The lowest BCUT2D eigenvalue weighted by Gasteiger charge is -2.26. The minimum Gasteiger partial charge on any atom is -0.371 e. The Morgan fingerprint density at radius 1 is 1.47 bits per heavy atom. The van der Waals surface area contributed by atoms with Crippen molar-refractivity contribution in [2.24, 2.45) is 5.73 Å². The molecule has 2 rings (SSSR count). The number of fused-ring (bicyclic) bond motifs is 1. The fourth-order valence-electron chi connectivity index (χ4n) is 1.89. The van der Waals surface area contributed by atoms with Gasteiger partial charge in [-0.05, 0) is 20.3 Å². The van der Waals surface area contributed by atoms with Gasteiger partial charge in [0.2, 0.25) is 0 Å². The second kappa shape index (κ2) is 3.57.